The van der Waals surface area contributed by atoms with Crippen LogP contribution >= 0.6 is 0 Å². The molecule has 0 aliphatic carbocycles. The molecule has 1 N–H and O–H groups in total. The predicted molar refractivity (Wildman–Crippen MR) is 75.8 cm³/mol. The molecule has 0 unspecified atom stereocenters. The third-order valence-corrected chi connectivity index (χ3v) is 4.65. The molecule has 0 atom stereocenters. The molecule has 1 aromatic carbocycles. The van der Waals surface area contributed by atoms with Crippen LogP contribution in [0.15, 0.2) is 24.3 Å². The van der Waals surface area contributed by atoms with Crippen LogP contribution in [-0.2, 0) is 15.8 Å². The zero-order chi connectivity index (χ0) is 15.2. The van der Waals surface area contributed by atoms with Crippen molar-refractivity contribution < 1.29 is 8.42 Å². The Morgan fingerprint density at radius 1 is 1.20 bits per heavy atom. The van der Waals surface area contributed by atoms with Crippen LogP contribution in [0.25, 0.3) is 0 Å². The number of nitrogens with zero attached hydrogens (tertiary/aromatic N) is 2. The molecule has 0 radical (unpaired) electrons. The van der Waals surface area contributed by atoms with Crippen LogP contribution in [0.5, 0.6) is 0 Å². The molecule has 0 aliphatic rings. The molecule has 20 heavy (non-hydrogen) atoms. The number of rotatable bonds is 6. The molecular weight excluding hydrogens is 274 g/mol. The van der Waals surface area contributed by atoms with Gasteiger partial charge < -0.3 is 0 Å². The largest absolute Gasteiger partial charge is 0.217 e. The number of nitriles is 2. The lowest BCUT2D eigenvalue weighted by Crippen LogP contribution is -2.46. The maximum absolute atomic E-state index is 12.2. The molecule has 0 fully saturated rings. The van der Waals surface area contributed by atoms with Crippen LogP contribution in [0.2, 0.25) is 0 Å². The minimum Gasteiger partial charge on any atom is -0.212 e. The summed E-state index contributed by atoms with van der Waals surface area (Å²) in [4.78, 5) is 0. The quantitative estimate of drug-likeness (QED) is 0.868. The first-order valence-corrected chi connectivity index (χ1v) is 7.98. The van der Waals surface area contributed by atoms with Crippen LogP contribution < -0.4 is 4.72 Å². The highest BCUT2D eigenvalue weighted by atomic mass is 32.2. The molecule has 0 saturated heterocycles. The first-order valence-electron chi connectivity index (χ1n) is 6.33. The summed E-state index contributed by atoms with van der Waals surface area (Å²) >= 11 is 0. The van der Waals surface area contributed by atoms with E-state index in [2.05, 4.69) is 4.72 Å². The molecular formula is C14H17N3O2S. The molecule has 0 amide bonds. The van der Waals surface area contributed by atoms with E-state index in [4.69, 9.17) is 5.26 Å². The smallest absolute Gasteiger partial charge is 0.212 e. The first kappa shape index (κ1) is 16.2. The standard InChI is InChI=1S/C14H17N3O2S/c1-3-14(4-2,11-16)17-20(18,19)10-13-8-6-5-7-12(13)9-15/h5-8,17H,3-4,10H2,1-2H3. The summed E-state index contributed by atoms with van der Waals surface area (Å²) in [6.07, 6.45) is 0.776. The summed E-state index contributed by atoms with van der Waals surface area (Å²) in [7, 11) is -3.68. The molecule has 0 bridgehead atoms. The zero-order valence-electron chi connectivity index (χ0n) is 11.5. The Kier molecular flexibility index (Phi) is 5.26. The Morgan fingerprint density at radius 3 is 2.30 bits per heavy atom. The molecule has 0 saturated carbocycles. The van der Waals surface area contributed by atoms with Crippen molar-refractivity contribution in [3.8, 4) is 12.1 Å². The summed E-state index contributed by atoms with van der Waals surface area (Å²) < 4.78 is 26.8. The number of nitrogens with one attached hydrogen (secondary N) is 1. The number of hydrogen-bond acceptors (Lipinski definition) is 4. The van der Waals surface area contributed by atoms with Crippen molar-refractivity contribution >= 4 is 10.0 Å². The van der Waals surface area contributed by atoms with Crippen molar-refractivity contribution in [2.24, 2.45) is 0 Å². The molecule has 0 spiro atoms. The third-order valence-electron chi connectivity index (χ3n) is 3.26. The Morgan fingerprint density at radius 2 is 1.80 bits per heavy atom. The van der Waals surface area contributed by atoms with Crippen molar-refractivity contribution in [1.29, 1.82) is 10.5 Å². The predicted octanol–water partition coefficient (Wildman–Crippen LogP) is 2.06. The van der Waals surface area contributed by atoms with Gasteiger partial charge in [-0.15, -0.1) is 0 Å². The van der Waals surface area contributed by atoms with Gasteiger partial charge in [0.25, 0.3) is 0 Å². The first-order chi connectivity index (χ1) is 9.42. The van der Waals surface area contributed by atoms with Gasteiger partial charge in [-0.2, -0.15) is 15.2 Å². The van der Waals surface area contributed by atoms with Crippen LogP contribution in [0.1, 0.15) is 37.8 Å². The molecule has 1 aromatic rings. The van der Waals surface area contributed by atoms with Gasteiger partial charge in [0.1, 0.15) is 5.54 Å². The molecule has 6 heteroatoms. The van der Waals surface area contributed by atoms with E-state index < -0.39 is 15.6 Å². The van der Waals surface area contributed by atoms with Gasteiger partial charge in [0.05, 0.1) is 23.5 Å². The second kappa shape index (κ2) is 6.51. The summed E-state index contributed by atoms with van der Waals surface area (Å²) in [5.41, 5.74) is -0.324. The molecule has 0 aliphatic heterocycles. The van der Waals surface area contributed by atoms with E-state index in [1.165, 1.54) is 0 Å². The lowest BCUT2D eigenvalue weighted by Gasteiger charge is -2.24. The van der Waals surface area contributed by atoms with Gasteiger partial charge in [-0.1, -0.05) is 32.0 Å². The van der Waals surface area contributed by atoms with E-state index >= 15 is 0 Å². The van der Waals surface area contributed by atoms with Crippen LogP contribution in [0.3, 0.4) is 0 Å². The molecule has 106 valence electrons. The zero-order valence-corrected chi connectivity index (χ0v) is 12.4. The van der Waals surface area contributed by atoms with Crippen LogP contribution in [-0.4, -0.2) is 14.0 Å². The van der Waals surface area contributed by atoms with Gasteiger partial charge >= 0.3 is 0 Å². The SMILES string of the molecule is CCC(C#N)(CC)NS(=O)(=O)Cc1ccccc1C#N. The topological polar surface area (TPSA) is 93.8 Å². The maximum Gasteiger partial charge on any atom is 0.217 e. The molecule has 0 heterocycles. The Hall–Kier alpha value is -1.89. The number of sulfonamides is 1. The van der Waals surface area contributed by atoms with Crippen molar-refractivity contribution in [3.05, 3.63) is 35.4 Å². The summed E-state index contributed by atoms with van der Waals surface area (Å²) in [5, 5.41) is 18.1. The Bertz CT molecular complexity index is 650. The fourth-order valence-corrected chi connectivity index (χ4v) is 3.53. The van der Waals surface area contributed by atoms with E-state index in [1.54, 1.807) is 38.1 Å². The van der Waals surface area contributed by atoms with E-state index in [0.717, 1.165) is 0 Å². The maximum atomic E-state index is 12.2. The summed E-state index contributed by atoms with van der Waals surface area (Å²) in [6, 6.07) is 10.5. The van der Waals surface area contributed by atoms with Crippen molar-refractivity contribution in [3.63, 3.8) is 0 Å². The fraction of sp³-hybridized carbons (Fsp3) is 0.429. The van der Waals surface area contributed by atoms with Crippen molar-refractivity contribution in [2.45, 2.75) is 38.0 Å². The number of benzene rings is 1. The Balaban J connectivity index is 3.03. The van der Waals surface area contributed by atoms with E-state index in [-0.39, 0.29) is 5.75 Å². The summed E-state index contributed by atoms with van der Waals surface area (Å²) in [5.74, 6) is -0.305. The highest BCUT2D eigenvalue weighted by Gasteiger charge is 2.31. The minimum absolute atomic E-state index is 0.305. The van der Waals surface area contributed by atoms with Crippen LogP contribution in [0, 0.1) is 22.7 Å². The fourth-order valence-electron chi connectivity index (χ4n) is 1.87. The normalized spacial score (nSPS) is 11.6. The lowest BCUT2D eigenvalue weighted by molar-refractivity contribution is 0.446. The highest BCUT2D eigenvalue weighted by molar-refractivity contribution is 7.88. The van der Waals surface area contributed by atoms with Gasteiger partial charge in [-0.05, 0) is 24.5 Å². The summed E-state index contributed by atoms with van der Waals surface area (Å²) in [6.45, 7) is 3.52. The Labute approximate surface area is 119 Å². The molecule has 1 rings (SSSR count). The molecule has 5 nitrogen and oxygen atoms in total. The van der Waals surface area contributed by atoms with Gasteiger partial charge in [-0.3, -0.25) is 0 Å². The van der Waals surface area contributed by atoms with Crippen LogP contribution in [0.4, 0.5) is 0 Å². The number of hydrogen-bond donors (Lipinski definition) is 1. The second-order valence-electron chi connectivity index (χ2n) is 4.53. The lowest BCUT2D eigenvalue weighted by atomic mass is 9.97. The van der Waals surface area contributed by atoms with Gasteiger partial charge in [0.15, 0.2) is 0 Å². The van der Waals surface area contributed by atoms with E-state index in [1.807, 2.05) is 12.1 Å². The van der Waals surface area contributed by atoms with Gasteiger partial charge in [0, 0.05) is 0 Å². The van der Waals surface area contributed by atoms with Crippen molar-refractivity contribution in [1.82, 2.24) is 4.72 Å². The second-order valence-corrected chi connectivity index (χ2v) is 6.25. The third kappa shape index (κ3) is 3.80. The molecule has 0 aromatic heterocycles. The highest BCUT2D eigenvalue weighted by Crippen LogP contribution is 2.18. The van der Waals surface area contributed by atoms with E-state index in [9.17, 15) is 13.7 Å². The van der Waals surface area contributed by atoms with Gasteiger partial charge in [-0.25, -0.2) is 8.42 Å². The van der Waals surface area contributed by atoms with Crippen molar-refractivity contribution in [2.75, 3.05) is 0 Å². The average Bonchev–Trinajstić information content (AvgIpc) is 2.45. The van der Waals surface area contributed by atoms with E-state index in [0.29, 0.717) is 24.0 Å². The average molecular weight is 291 g/mol. The minimum atomic E-state index is -3.68. The monoisotopic (exact) mass is 291 g/mol. The van der Waals surface area contributed by atoms with Gasteiger partial charge in [0.2, 0.25) is 10.0 Å².